The first kappa shape index (κ1) is 13.3. The third-order valence-corrected chi connectivity index (χ3v) is 3.95. The van der Waals surface area contributed by atoms with E-state index in [1.807, 2.05) is 13.8 Å². The number of hydrogen-bond acceptors (Lipinski definition) is 3. The molecule has 5 heteroatoms. The minimum Gasteiger partial charge on any atom is -0.490 e. The Bertz CT molecular complexity index is 427. The molecule has 0 aromatic heterocycles. The molecule has 0 N–H and O–H groups in total. The second kappa shape index (κ2) is 6.12. The van der Waals surface area contributed by atoms with Crippen LogP contribution in [0.2, 0.25) is 0 Å². The summed E-state index contributed by atoms with van der Waals surface area (Å²) in [4.78, 5) is 0. The summed E-state index contributed by atoms with van der Waals surface area (Å²) in [5.74, 6) is 1.20. The van der Waals surface area contributed by atoms with Gasteiger partial charge in [-0.25, -0.2) is 0 Å². The maximum Gasteiger partial charge on any atom is 0.176 e. The average Bonchev–Trinajstić information content (AvgIpc) is 2.28. The predicted octanol–water partition coefficient (Wildman–Crippen LogP) is 3.88. The lowest BCUT2D eigenvalue weighted by Crippen LogP contribution is -2.00. The Hall–Kier alpha value is -0.730. The van der Waals surface area contributed by atoms with Crippen molar-refractivity contribution in [1.82, 2.24) is 0 Å². The highest BCUT2D eigenvalue weighted by molar-refractivity contribution is 9.13. The van der Waals surface area contributed by atoms with Crippen molar-refractivity contribution < 1.29 is 9.47 Å². The fourth-order valence-electron chi connectivity index (χ4n) is 1.21. The highest BCUT2D eigenvalue weighted by Crippen LogP contribution is 2.42. The molecule has 0 saturated heterocycles. The van der Waals surface area contributed by atoms with Crippen LogP contribution in [0.1, 0.15) is 19.4 Å². The van der Waals surface area contributed by atoms with Gasteiger partial charge in [0.1, 0.15) is 6.07 Å². The molecule has 0 aliphatic carbocycles. The number of rotatable bonds is 4. The van der Waals surface area contributed by atoms with Crippen LogP contribution >= 0.6 is 31.9 Å². The fraction of sp³-hybridized carbons (Fsp3) is 0.364. The van der Waals surface area contributed by atoms with Gasteiger partial charge in [0, 0.05) is 6.07 Å². The molecule has 0 aliphatic rings. The molecule has 0 radical (unpaired) electrons. The van der Waals surface area contributed by atoms with Crippen LogP contribution in [0.4, 0.5) is 0 Å². The zero-order valence-corrected chi connectivity index (χ0v) is 12.2. The van der Waals surface area contributed by atoms with Crippen LogP contribution in [0.3, 0.4) is 0 Å². The molecule has 0 fully saturated rings. The maximum absolute atomic E-state index is 8.96. The van der Waals surface area contributed by atoms with Gasteiger partial charge in [0.2, 0.25) is 0 Å². The van der Waals surface area contributed by atoms with Crippen molar-refractivity contribution in [3.63, 3.8) is 0 Å². The van der Waals surface area contributed by atoms with Gasteiger partial charge in [0.05, 0.1) is 27.7 Å². The highest BCUT2D eigenvalue weighted by Gasteiger charge is 2.16. The molecule has 0 saturated carbocycles. The molecule has 1 aromatic rings. The first-order valence-electron chi connectivity index (χ1n) is 4.83. The molecule has 0 unspecified atom stereocenters. The monoisotopic (exact) mass is 347 g/mol. The zero-order valence-electron chi connectivity index (χ0n) is 9.01. The molecule has 0 aliphatic heterocycles. The number of benzene rings is 1. The van der Waals surface area contributed by atoms with E-state index in [0.29, 0.717) is 39.2 Å². The average molecular weight is 349 g/mol. The molecule has 0 heterocycles. The van der Waals surface area contributed by atoms with Gasteiger partial charge in [-0.15, -0.1) is 0 Å². The molecular weight excluding hydrogens is 338 g/mol. The summed E-state index contributed by atoms with van der Waals surface area (Å²) in [7, 11) is 0. The van der Waals surface area contributed by atoms with Gasteiger partial charge < -0.3 is 9.47 Å². The minimum atomic E-state index is 0.513. The third-order valence-electron chi connectivity index (χ3n) is 1.84. The Morgan fingerprint density at radius 3 is 2.31 bits per heavy atom. The van der Waals surface area contributed by atoms with Crippen molar-refractivity contribution in [2.45, 2.75) is 13.8 Å². The summed E-state index contributed by atoms with van der Waals surface area (Å²) in [6, 6.07) is 3.76. The Labute approximate surface area is 112 Å². The minimum absolute atomic E-state index is 0.513. The summed E-state index contributed by atoms with van der Waals surface area (Å²) < 4.78 is 12.3. The van der Waals surface area contributed by atoms with Crippen LogP contribution in [0, 0.1) is 11.3 Å². The molecule has 3 nitrogen and oxygen atoms in total. The molecule has 0 spiro atoms. The van der Waals surface area contributed by atoms with E-state index >= 15 is 0 Å². The predicted molar refractivity (Wildman–Crippen MR) is 68.9 cm³/mol. The molecule has 0 bridgehead atoms. The van der Waals surface area contributed by atoms with Crippen LogP contribution < -0.4 is 9.47 Å². The van der Waals surface area contributed by atoms with Gasteiger partial charge >= 0.3 is 0 Å². The lowest BCUT2D eigenvalue weighted by Gasteiger charge is -2.14. The third kappa shape index (κ3) is 2.69. The van der Waals surface area contributed by atoms with Crippen molar-refractivity contribution in [3.8, 4) is 17.6 Å². The smallest absolute Gasteiger partial charge is 0.176 e. The normalized spacial score (nSPS) is 9.69. The molecule has 1 aromatic carbocycles. The Kier molecular flexibility index (Phi) is 5.10. The van der Waals surface area contributed by atoms with Crippen LogP contribution in [0.25, 0.3) is 0 Å². The molecule has 0 amide bonds. The topological polar surface area (TPSA) is 42.2 Å². The van der Waals surface area contributed by atoms with Gasteiger partial charge in [-0.3, -0.25) is 0 Å². The zero-order chi connectivity index (χ0) is 12.1. The largest absolute Gasteiger partial charge is 0.490 e. The van der Waals surface area contributed by atoms with Crippen molar-refractivity contribution in [3.05, 3.63) is 20.6 Å². The van der Waals surface area contributed by atoms with Crippen molar-refractivity contribution >= 4 is 31.9 Å². The first-order valence-corrected chi connectivity index (χ1v) is 6.41. The van der Waals surface area contributed by atoms with E-state index in [9.17, 15) is 0 Å². The highest BCUT2D eigenvalue weighted by atomic mass is 79.9. The summed E-state index contributed by atoms with van der Waals surface area (Å²) >= 11 is 6.73. The van der Waals surface area contributed by atoms with Gasteiger partial charge in [-0.1, -0.05) is 0 Å². The van der Waals surface area contributed by atoms with Crippen LogP contribution in [-0.2, 0) is 0 Å². The van der Waals surface area contributed by atoms with Crippen LogP contribution in [0.15, 0.2) is 15.0 Å². The Morgan fingerprint density at radius 2 is 1.81 bits per heavy atom. The second-order valence-corrected chi connectivity index (χ2v) is 4.44. The Balaban J connectivity index is 3.34. The van der Waals surface area contributed by atoms with Crippen LogP contribution in [0.5, 0.6) is 11.5 Å². The van der Waals surface area contributed by atoms with Gasteiger partial charge in [-0.05, 0) is 45.7 Å². The SMILES string of the molecule is CCOc1cc(C#N)c(Br)c(Br)c1OCC. The molecular formula is C11H11Br2NO2. The van der Waals surface area contributed by atoms with Gasteiger partial charge in [-0.2, -0.15) is 5.26 Å². The lowest BCUT2D eigenvalue weighted by molar-refractivity contribution is 0.286. The van der Waals surface area contributed by atoms with Crippen LogP contribution in [-0.4, -0.2) is 13.2 Å². The van der Waals surface area contributed by atoms with Gasteiger partial charge in [0.25, 0.3) is 0 Å². The van der Waals surface area contributed by atoms with E-state index in [4.69, 9.17) is 14.7 Å². The molecule has 1 rings (SSSR count). The summed E-state index contributed by atoms with van der Waals surface area (Å²) in [6.45, 7) is 4.85. The van der Waals surface area contributed by atoms with E-state index in [1.165, 1.54) is 0 Å². The summed E-state index contributed by atoms with van der Waals surface area (Å²) in [5.41, 5.74) is 0.513. The van der Waals surface area contributed by atoms with E-state index in [0.717, 1.165) is 0 Å². The number of halogens is 2. The van der Waals surface area contributed by atoms with Crippen molar-refractivity contribution in [2.75, 3.05) is 13.2 Å². The Morgan fingerprint density at radius 1 is 1.19 bits per heavy atom. The number of ether oxygens (including phenoxy) is 2. The maximum atomic E-state index is 8.96. The van der Waals surface area contributed by atoms with E-state index in [1.54, 1.807) is 6.07 Å². The summed E-state index contributed by atoms with van der Waals surface area (Å²) in [6.07, 6.45) is 0. The second-order valence-electron chi connectivity index (χ2n) is 2.86. The number of hydrogen-bond donors (Lipinski definition) is 0. The molecule has 0 atom stereocenters. The number of nitriles is 1. The molecule has 86 valence electrons. The standard InChI is InChI=1S/C11H11Br2NO2/c1-3-15-8-5-7(6-14)9(12)10(13)11(8)16-4-2/h5H,3-4H2,1-2H3. The summed E-state index contributed by atoms with van der Waals surface area (Å²) in [5, 5.41) is 8.96. The van der Waals surface area contributed by atoms with Crippen molar-refractivity contribution in [1.29, 1.82) is 5.26 Å². The van der Waals surface area contributed by atoms with E-state index in [-0.39, 0.29) is 0 Å². The van der Waals surface area contributed by atoms with E-state index < -0.39 is 0 Å². The fourth-order valence-corrected chi connectivity index (χ4v) is 2.12. The first-order chi connectivity index (χ1) is 7.65. The van der Waals surface area contributed by atoms with Gasteiger partial charge in [0.15, 0.2) is 11.5 Å². The van der Waals surface area contributed by atoms with E-state index in [2.05, 4.69) is 37.9 Å². The number of nitrogens with zero attached hydrogens (tertiary/aromatic N) is 1. The van der Waals surface area contributed by atoms with Crippen molar-refractivity contribution in [2.24, 2.45) is 0 Å². The molecule has 16 heavy (non-hydrogen) atoms. The lowest BCUT2D eigenvalue weighted by atomic mass is 10.2. The quantitative estimate of drug-likeness (QED) is 0.829.